The van der Waals surface area contributed by atoms with Gasteiger partial charge in [0.15, 0.2) is 18.0 Å². The van der Waals surface area contributed by atoms with E-state index in [1.165, 1.54) is 0 Å². The first kappa shape index (κ1) is 47.5. The largest absolute Gasteiger partial charge is 0.439 e. The van der Waals surface area contributed by atoms with Gasteiger partial charge in [0.1, 0.15) is 11.3 Å². The molecule has 2 aliphatic rings. The van der Waals surface area contributed by atoms with Crippen LogP contribution in [0, 0.1) is 0 Å². The topological polar surface area (TPSA) is 109 Å². The number of hydrogen-bond donors (Lipinski definition) is 1. The smallest absolute Gasteiger partial charge is 0.376 e. The van der Waals surface area contributed by atoms with Crippen LogP contribution >= 0.6 is 34.5 Å². The number of oxazole rings is 1. The van der Waals surface area contributed by atoms with Crippen molar-refractivity contribution < 1.29 is 40.7 Å². The summed E-state index contributed by atoms with van der Waals surface area (Å²) < 4.78 is 64.3. The van der Waals surface area contributed by atoms with Crippen molar-refractivity contribution in [3.05, 3.63) is 165 Å². The highest BCUT2D eigenvalue weighted by Crippen LogP contribution is 2.43. The summed E-state index contributed by atoms with van der Waals surface area (Å²) in [5.41, 5.74) is 6.55. The van der Waals surface area contributed by atoms with E-state index >= 15 is 0 Å². The van der Waals surface area contributed by atoms with E-state index in [9.17, 15) is 13.0 Å². The Labute approximate surface area is 421 Å². The van der Waals surface area contributed by atoms with Crippen molar-refractivity contribution in [3.63, 3.8) is 0 Å². The number of unbranched alkanes of at least 4 members (excludes halogenated alkanes) is 1. The summed E-state index contributed by atoms with van der Waals surface area (Å²) in [6.07, 6.45) is 10.7. The van der Waals surface area contributed by atoms with Gasteiger partial charge in [0, 0.05) is 53.5 Å². The number of anilines is 2. The molecule has 70 heavy (non-hydrogen) atoms. The second-order valence-corrected chi connectivity index (χ2v) is 20.8. The minimum atomic E-state index is -4.08. The summed E-state index contributed by atoms with van der Waals surface area (Å²) in [5.74, 6) is 3.20. The highest BCUT2D eigenvalue weighted by molar-refractivity contribution is 7.85. The number of aromatic nitrogens is 2. The fourth-order valence-electron chi connectivity index (χ4n) is 9.06. The van der Waals surface area contributed by atoms with Gasteiger partial charge >= 0.3 is 5.89 Å². The van der Waals surface area contributed by atoms with Gasteiger partial charge in [0.05, 0.1) is 23.2 Å². The number of thiazole rings is 1. The molecule has 0 saturated carbocycles. The van der Waals surface area contributed by atoms with Gasteiger partial charge in [-0.3, -0.25) is 4.55 Å². The molecule has 2 aromatic heterocycles. The number of rotatable bonds is 17. The molecule has 10 rings (SSSR count). The minimum Gasteiger partial charge on any atom is -0.439 e. The van der Waals surface area contributed by atoms with Crippen LogP contribution < -0.4 is 28.4 Å². The number of benzene rings is 6. The lowest BCUT2D eigenvalue weighted by Crippen LogP contribution is -2.41. The molecule has 6 aromatic carbocycles. The van der Waals surface area contributed by atoms with Crippen LogP contribution in [0.3, 0.4) is 0 Å². The molecule has 0 aliphatic carbocycles. The lowest BCUT2D eigenvalue weighted by atomic mass is 10.1. The average Bonchev–Trinajstić information content (AvgIpc) is 4.07. The summed E-state index contributed by atoms with van der Waals surface area (Å²) >= 11 is 14.7. The fourth-order valence-corrected chi connectivity index (χ4v) is 11.1. The van der Waals surface area contributed by atoms with E-state index in [0.29, 0.717) is 60.8 Å². The third-order valence-electron chi connectivity index (χ3n) is 12.7. The molecule has 0 saturated heterocycles. The summed E-state index contributed by atoms with van der Waals surface area (Å²) in [6, 6.07) is 36.4. The summed E-state index contributed by atoms with van der Waals surface area (Å²) in [5, 5.41) is 6.66. The Balaban J connectivity index is 0.952. The molecule has 8 aromatic rings. The Morgan fingerprint density at radius 3 is 2.09 bits per heavy atom. The summed E-state index contributed by atoms with van der Waals surface area (Å²) in [6.45, 7) is 8.72. The van der Waals surface area contributed by atoms with Crippen molar-refractivity contribution in [2.24, 2.45) is 0 Å². The lowest BCUT2D eigenvalue weighted by molar-refractivity contribution is -0.722. The molecular formula is C55H52Cl2N4O7S2+2. The van der Waals surface area contributed by atoms with E-state index in [1.807, 2.05) is 72.8 Å². The molecule has 15 heteroatoms. The molecule has 0 spiro atoms. The van der Waals surface area contributed by atoms with Crippen LogP contribution in [0.1, 0.15) is 57.4 Å². The second kappa shape index (κ2) is 20.3. The maximum Gasteiger partial charge on any atom is 0.376 e. The van der Waals surface area contributed by atoms with Crippen LogP contribution in [-0.2, 0) is 28.1 Å². The molecule has 11 nitrogen and oxygen atoms in total. The van der Waals surface area contributed by atoms with Crippen molar-refractivity contribution >= 4 is 111 Å². The number of ether oxygens (including phenoxy) is 3. The highest BCUT2D eigenvalue weighted by atomic mass is 35.5. The number of allylic oxidation sites excluding steroid dienone is 4. The molecule has 0 radical (unpaired) electrons. The molecule has 1 N–H and O–H groups in total. The number of nitrogens with zero attached hydrogens (tertiary/aromatic N) is 4. The predicted octanol–water partition coefficient (Wildman–Crippen LogP) is 13.3. The summed E-state index contributed by atoms with van der Waals surface area (Å²) in [4.78, 5) is 4.22. The Hall–Kier alpha value is -6.19. The van der Waals surface area contributed by atoms with Crippen molar-refractivity contribution in [2.75, 3.05) is 35.2 Å². The number of fused-ring (bicyclic) bond motifs is 6. The second-order valence-electron chi connectivity index (χ2n) is 17.3. The van der Waals surface area contributed by atoms with Gasteiger partial charge in [-0.15, -0.1) is 4.57 Å². The molecule has 0 bridgehead atoms. The van der Waals surface area contributed by atoms with E-state index in [4.69, 9.17) is 41.8 Å². The van der Waals surface area contributed by atoms with E-state index in [-0.39, 0.29) is 12.5 Å². The summed E-state index contributed by atoms with van der Waals surface area (Å²) in [7, 11) is -4.08. The lowest BCUT2D eigenvalue weighted by Gasteiger charge is -2.19. The maximum absolute atomic E-state index is 11.6. The van der Waals surface area contributed by atoms with Gasteiger partial charge < -0.3 is 28.4 Å². The quantitative estimate of drug-likeness (QED) is 0.0542. The van der Waals surface area contributed by atoms with Gasteiger partial charge in [-0.2, -0.15) is 13.0 Å². The van der Waals surface area contributed by atoms with Crippen LogP contribution in [0.15, 0.2) is 149 Å². The van der Waals surface area contributed by atoms with Crippen LogP contribution in [0.25, 0.3) is 55.0 Å². The highest BCUT2D eigenvalue weighted by Gasteiger charge is 2.30. The van der Waals surface area contributed by atoms with Gasteiger partial charge in [-0.1, -0.05) is 96.9 Å². The Bertz CT molecular complexity index is 3560. The first-order valence-electron chi connectivity index (χ1n) is 23.5. The number of hydrogen-bond acceptors (Lipinski definition) is 9. The van der Waals surface area contributed by atoms with Crippen molar-refractivity contribution in [1.29, 1.82) is 0 Å². The van der Waals surface area contributed by atoms with Gasteiger partial charge in [-0.05, 0) is 114 Å². The molecule has 0 amide bonds. The Morgan fingerprint density at radius 1 is 0.714 bits per heavy atom. The SMILES string of the molecule is CCC(=Cc1oc2cc3ccccc3cc2[n+]1COCC[n+]1c(C=C(C=C2Oc3ccc(Cl)cc3N2CC)CC)sc2ccc(Cl)cc21)C=C1Oc2cc3ccccc3cc2N1CCCCS(=O)(=O)O. The zero-order chi connectivity index (χ0) is 48.5. The zero-order valence-corrected chi connectivity index (χ0v) is 42.2. The predicted molar refractivity (Wildman–Crippen MR) is 282 cm³/mol. The standard InChI is InChI=1S/C55H51Cl2N4O7S2/c1-4-36(25-53-59(21-11-12-24-70(62,63)64)44-29-38-13-7-9-15-40(38)31-49(44)67-53)26-54-61(45-30-39-14-8-10-16-41(39)32-50(45)68-54)35-65-23-22-60-47-34-43(57)18-20-51(47)69-55(60)28-37(5-2)27-52-58(6-3)46-33-42(56)17-19-48(46)66-52/h7-10,13-20,25-34H,4-6,11-12,21-24,35H2,1-3H3/q+1/p+1. The van der Waals surface area contributed by atoms with Gasteiger partial charge in [0.25, 0.3) is 27.4 Å². The van der Waals surface area contributed by atoms with Crippen LogP contribution in [0.5, 0.6) is 11.5 Å². The third-order valence-corrected chi connectivity index (χ3v) is 15.1. The van der Waals surface area contributed by atoms with Gasteiger partial charge in [0.2, 0.25) is 22.9 Å². The Morgan fingerprint density at radius 2 is 1.36 bits per heavy atom. The minimum absolute atomic E-state index is 0.217. The van der Waals surface area contributed by atoms with Crippen LogP contribution in [0.4, 0.5) is 11.4 Å². The molecule has 2 aliphatic heterocycles. The van der Waals surface area contributed by atoms with Crippen LogP contribution in [0.2, 0.25) is 10.0 Å². The molecule has 4 heterocycles. The molecular weight excluding hydrogens is 964 g/mol. The van der Waals surface area contributed by atoms with Crippen molar-refractivity contribution in [2.45, 2.75) is 59.7 Å². The molecule has 0 fully saturated rings. The van der Waals surface area contributed by atoms with Crippen molar-refractivity contribution in [1.82, 2.24) is 0 Å². The normalized spacial score (nSPS) is 15.3. The first-order valence-corrected chi connectivity index (χ1v) is 26.7. The third kappa shape index (κ3) is 10.0. The molecule has 358 valence electrons. The van der Waals surface area contributed by atoms with E-state index in [2.05, 4.69) is 100 Å². The molecule has 0 atom stereocenters. The first-order chi connectivity index (χ1) is 33.9. The maximum atomic E-state index is 11.6. The molecule has 0 unspecified atom stereocenters. The van der Waals surface area contributed by atoms with E-state index in [1.54, 1.807) is 11.3 Å². The fraction of sp³-hybridized carbons (Fsp3) is 0.236. The van der Waals surface area contributed by atoms with Crippen LogP contribution in [-0.4, -0.2) is 38.4 Å². The van der Waals surface area contributed by atoms with E-state index in [0.717, 1.165) is 101 Å². The Kier molecular flexibility index (Phi) is 13.7. The zero-order valence-electron chi connectivity index (χ0n) is 39.0. The van der Waals surface area contributed by atoms with E-state index < -0.39 is 10.1 Å². The average molecular weight is 1020 g/mol. The monoisotopic (exact) mass is 1010 g/mol. The van der Waals surface area contributed by atoms with Gasteiger partial charge in [-0.25, -0.2) is 0 Å². The number of halogens is 2. The van der Waals surface area contributed by atoms with Crippen molar-refractivity contribution in [3.8, 4) is 11.5 Å².